The fourth-order valence-corrected chi connectivity index (χ4v) is 0.380. The minimum absolute atomic E-state index is 0.557. The van der Waals surface area contributed by atoms with Gasteiger partial charge in [-0.15, -0.1) is 0 Å². The summed E-state index contributed by atoms with van der Waals surface area (Å²) in [6.07, 6.45) is 1.42. The van der Waals surface area contributed by atoms with Crippen molar-refractivity contribution in [3.8, 4) is 0 Å². The van der Waals surface area contributed by atoms with Gasteiger partial charge in [-0.1, -0.05) is 18.3 Å². The van der Waals surface area contributed by atoms with Crippen LogP contribution in [0.5, 0.6) is 0 Å². The molecule has 2 nitrogen and oxygen atoms in total. The molecule has 0 aromatic rings. The average Bonchev–Trinajstić information content (AvgIpc) is 1.61. The molecule has 0 saturated heterocycles. The first-order chi connectivity index (χ1) is 3.27. The van der Waals surface area contributed by atoms with Gasteiger partial charge >= 0.3 is 0 Å². The van der Waals surface area contributed by atoms with Crippen LogP contribution >= 0.6 is 11.8 Å². The molecule has 0 aromatic heterocycles. The summed E-state index contributed by atoms with van der Waals surface area (Å²) < 4.78 is 0. The van der Waals surface area contributed by atoms with Crippen molar-refractivity contribution in [2.24, 2.45) is 11.5 Å². The van der Waals surface area contributed by atoms with Crippen LogP contribution in [0.1, 0.15) is 0 Å². The van der Waals surface area contributed by atoms with Gasteiger partial charge in [0.25, 0.3) is 0 Å². The molecule has 0 amide bonds. The van der Waals surface area contributed by atoms with Gasteiger partial charge in [-0.3, -0.25) is 0 Å². The highest BCUT2D eigenvalue weighted by Gasteiger charge is 1.74. The van der Waals surface area contributed by atoms with Crippen LogP contribution in [0.2, 0.25) is 0 Å². The Bertz CT molecular complexity index is 87.7. The summed E-state index contributed by atoms with van der Waals surface area (Å²) in [4.78, 5) is 0. The lowest BCUT2D eigenvalue weighted by Gasteiger charge is -1.85. The number of hydrogen-bond donors (Lipinski definition) is 2. The van der Waals surface area contributed by atoms with E-state index < -0.39 is 0 Å². The lowest BCUT2D eigenvalue weighted by molar-refractivity contribution is 1.58. The zero-order valence-electron chi connectivity index (χ0n) is 3.92. The van der Waals surface area contributed by atoms with Gasteiger partial charge < -0.3 is 11.5 Å². The van der Waals surface area contributed by atoms with Crippen LogP contribution in [0.25, 0.3) is 0 Å². The fraction of sp³-hybridized carbons (Fsp3) is 0. The van der Waals surface area contributed by atoms with Crippen molar-refractivity contribution in [1.29, 1.82) is 0 Å². The standard InChI is InChI=1S/C4H8N2S/c1-4(6)7-3-2-5/h2-3H,1,5-6H2/b3-2-. The Morgan fingerprint density at radius 3 is 2.43 bits per heavy atom. The molecule has 0 saturated carbocycles. The molecule has 3 heteroatoms. The molecule has 0 heterocycles. The predicted molar refractivity (Wildman–Crippen MR) is 34.2 cm³/mol. The van der Waals surface area contributed by atoms with E-state index in [1.54, 1.807) is 5.41 Å². The molecular formula is C4H8N2S. The maximum atomic E-state index is 5.14. The summed E-state index contributed by atoms with van der Waals surface area (Å²) >= 11 is 1.31. The van der Waals surface area contributed by atoms with Crippen molar-refractivity contribution in [3.63, 3.8) is 0 Å². The van der Waals surface area contributed by atoms with Gasteiger partial charge in [0.15, 0.2) is 0 Å². The molecule has 40 valence electrons. The maximum absolute atomic E-state index is 5.14. The summed E-state index contributed by atoms with van der Waals surface area (Å²) in [6.45, 7) is 3.43. The first-order valence-corrected chi connectivity index (χ1v) is 2.63. The monoisotopic (exact) mass is 116 g/mol. The van der Waals surface area contributed by atoms with Crippen LogP contribution in [-0.2, 0) is 0 Å². The molecule has 0 aliphatic heterocycles. The Morgan fingerprint density at radius 1 is 1.71 bits per heavy atom. The first-order valence-electron chi connectivity index (χ1n) is 1.75. The molecule has 7 heavy (non-hydrogen) atoms. The number of rotatable bonds is 2. The SMILES string of the molecule is C=C(N)S/C=C\N. The third kappa shape index (κ3) is 5.43. The molecule has 0 aromatic carbocycles. The van der Waals surface area contributed by atoms with Crippen molar-refractivity contribution in [2.75, 3.05) is 0 Å². The third-order valence-corrected chi connectivity index (χ3v) is 0.894. The normalized spacial score (nSPS) is 9.71. The average molecular weight is 116 g/mol. The Morgan fingerprint density at radius 2 is 2.29 bits per heavy atom. The highest BCUT2D eigenvalue weighted by atomic mass is 32.2. The van der Waals surface area contributed by atoms with E-state index in [0.717, 1.165) is 0 Å². The van der Waals surface area contributed by atoms with Crippen LogP contribution in [0.3, 0.4) is 0 Å². The smallest absolute Gasteiger partial charge is 0.0625 e. The minimum Gasteiger partial charge on any atom is -0.404 e. The second-order valence-corrected chi connectivity index (χ2v) is 1.94. The van der Waals surface area contributed by atoms with Crippen molar-refractivity contribution in [3.05, 3.63) is 23.2 Å². The van der Waals surface area contributed by atoms with Crippen LogP contribution in [0.4, 0.5) is 0 Å². The van der Waals surface area contributed by atoms with Gasteiger partial charge in [-0.2, -0.15) is 0 Å². The van der Waals surface area contributed by atoms with Crippen molar-refractivity contribution in [2.45, 2.75) is 0 Å². The fourth-order valence-electron chi connectivity index (χ4n) is 0.127. The minimum atomic E-state index is 0.557. The third-order valence-electron chi connectivity index (χ3n) is 0.298. The Labute approximate surface area is 47.3 Å². The Hall–Kier alpha value is -0.570. The second-order valence-electron chi connectivity index (χ2n) is 0.913. The molecule has 0 fully saturated rings. The van der Waals surface area contributed by atoms with E-state index in [1.807, 2.05) is 0 Å². The van der Waals surface area contributed by atoms with E-state index in [-0.39, 0.29) is 0 Å². The molecule has 0 unspecified atom stereocenters. The van der Waals surface area contributed by atoms with Crippen LogP contribution < -0.4 is 11.5 Å². The molecule has 0 spiro atoms. The van der Waals surface area contributed by atoms with Crippen LogP contribution in [0.15, 0.2) is 23.2 Å². The molecular weight excluding hydrogens is 108 g/mol. The summed E-state index contributed by atoms with van der Waals surface area (Å²) in [7, 11) is 0. The van der Waals surface area contributed by atoms with Crippen molar-refractivity contribution in [1.82, 2.24) is 0 Å². The Balaban J connectivity index is 3.14. The second kappa shape index (κ2) is 3.61. The highest BCUT2D eigenvalue weighted by molar-refractivity contribution is 8.05. The molecule has 0 aliphatic carbocycles. The van der Waals surface area contributed by atoms with Gasteiger partial charge in [0.2, 0.25) is 0 Å². The molecule has 0 radical (unpaired) electrons. The van der Waals surface area contributed by atoms with E-state index in [1.165, 1.54) is 18.0 Å². The maximum Gasteiger partial charge on any atom is 0.0625 e. The molecule has 4 N–H and O–H groups in total. The summed E-state index contributed by atoms with van der Waals surface area (Å²) in [5.41, 5.74) is 10.1. The Kier molecular flexibility index (Phi) is 3.32. The predicted octanol–water partition coefficient (Wildman–Crippen LogP) is 0.579. The van der Waals surface area contributed by atoms with E-state index >= 15 is 0 Å². The number of nitrogens with two attached hydrogens (primary N) is 2. The van der Waals surface area contributed by atoms with Gasteiger partial charge in [-0.05, 0) is 5.41 Å². The zero-order valence-corrected chi connectivity index (χ0v) is 4.74. The van der Waals surface area contributed by atoms with Gasteiger partial charge in [0, 0.05) is 6.20 Å². The van der Waals surface area contributed by atoms with Crippen molar-refractivity contribution >= 4 is 11.8 Å². The summed E-state index contributed by atoms with van der Waals surface area (Å²) in [5, 5.41) is 2.23. The van der Waals surface area contributed by atoms with Crippen LogP contribution in [0, 0.1) is 0 Å². The lowest BCUT2D eigenvalue weighted by atomic mass is 11.1. The molecule has 0 atom stereocenters. The number of thioether (sulfide) groups is 1. The highest BCUT2D eigenvalue weighted by Crippen LogP contribution is 2.05. The molecule has 0 aliphatic rings. The van der Waals surface area contributed by atoms with Gasteiger partial charge in [-0.25, -0.2) is 0 Å². The van der Waals surface area contributed by atoms with Gasteiger partial charge in [0.05, 0.1) is 5.03 Å². The van der Waals surface area contributed by atoms with Crippen molar-refractivity contribution < 1.29 is 0 Å². The van der Waals surface area contributed by atoms with Crippen LogP contribution in [-0.4, -0.2) is 0 Å². The topological polar surface area (TPSA) is 52.0 Å². The molecule has 0 bridgehead atoms. The summed E-state index contributed by atoms with van der Waals surface area (Å²) in [6, 6.07) is 0. The van der Waals surface area contributed by atoms with E-state index in [0.29, 0.717) is 5.03 Å². The van der Waals surface area contributed by atoms with E-state index in [4.69, 9.17) is 11.5 Å². The van der Waals surface area contributed by atoms with E-state index in [9.17, 15) is 0 Å². The summed E-state index contributed by atoms with van der Waals surface area (Å²) in [5.74, 6) is 0. The lowest BCUT2D eigenvalue weighted by Crippen LogP contribution is -1.85. The number of hydrogen-bond acceptors (Lipinski definition) is 3. The zero-order chi connectivity index (χ0) is 5.70. The van der Waals surface area contributed by atoms with Gasteiger partial charge in [0.1, 0.15) is 0 Å². The quantitative estimate of drug-likeness (QED) is 0.555. The first kappa shape index (κ1) is 6.43. The molecule has 0 rings (SSSR count). The largest absolute Gasteiger partial charge is 0.404 e. The van der Waals surface area contributed by atoms with E-state index in [2.05, 4.69) is 6.58 Å².